The second-order valence-electron chi connectivity index (χ2n) is 2.34. The van der Waals surface area contributed by atoms with Gasteiger partial charge >= 0.3 is 6.00 Å². The summed E-state index contributed by atoms with van der Waals surface area (Å²) in [5.74, 6) is 0. The highest BCUT2D eigenvalue weighted by molar-refractivity contribution is 7.64. The molecule has 0 aromatic carbocycles. The van der Waals surface area contributed by atoms with Crippen LogP contribution in [0.4, 0.5) is 0 Å². The number of hydrogen-bond donors (Lipinski definition) is 0. The van der Waals surface area contributed by atoms with Crippen molar-refractivity contribution >= 4 is 68.8 Å². The molecule has 0 aliphatic rings. The topological polar surface area (TPSA) is 0 Å². The van der Waals surface area contributed by atoms with Crippen molar-refractivity contribution in [1.82, 2.24) is 0 Å². The van der Waals surface area contributed by atoms with Crippen LogP contribution in [0.5, 0.6) is 0 Å². The van der Waals surface area contributed by atoms with Gasteiger partial charge in [0, 0.05) is 0 Å². The average molecular weight is 290 g/mol. The highest BCUT2D eigenvalue weighted by atomic mass is 35.8. The number of hydrogen-bond acceptors (Lipinski definition) is 0. The van der Waals surface area contributed by atoms with Crippen LogP contribution < -0.4 is 0 Å². The van der Waals surface area contributed by atoms with E-state index >= 15 is 0 Å². The first-order chi connectivity index (χ1) is 4.83. The first-order valence-electron chi connectivity index (χ1n) is 3.07. The molecule has 0 aromatic heterocycles. The van der Waals surface area contributed by atoms with Crippen LogP contribution in [-0.2, 0) is 0 Å². The Bertz CT molecular complexity index is 112. The zero-order valence-corrected chi connectivity index (χ0v) is 11.7. The van der Waals surface area contributed by atoms with Crippen molar-refractivity contribution in [2.24, 2.45) is 0 Å². The minimum absolute atomic E-state index is 0.298. The standard InChI is InChI=1S/C4H8Cl5Si2/c1-4(10(5)6)2-3-11(7,8)9/h4H,2-3H2,1H3. The summed E-state index contributed by atoms with van der Waals surface area (Å²) in [6.45, 7) is 1.99. The molecule has 0 saturated heterocycles. The van der Waals surface area contributed by atoms with E-state index in [1.807, 2.05) is 6.92 Å². The van der Waals surface area contributed by atoms with Gasteiger partial charge in [0.25, 0.3) is 7.42 Å². The molecule has 0 aliphatic carbocycles. The van der Waals surface area contributed by atoms with Gasteiger partial charge in [-0.3, -0.25) is 0 Å². The molecule has 0 nitrogen and oxygen atoms in total. The van der Waals surface area contributed by atoms with Gasteiger partial charge in [0.05, 0.1) is 0 Å². The first kappa shape index (κ1) is 12.9. The smallest absolute Gasteiger partial charge is 0.146 e. The largest absolute Gasteiger partial charge is 0.341 e. The molecule has 0 saturated carbocycles. The normalized spacial score (nSPS) is 15.5. The fourth-order valence-corrected chi connectivity index (χ4v) is 3.54. The van der Waals surface area contributed by atoms with E-state index in [9.17, 15) is 0 Å². The van der Waals surface area contributed by atoms with Crippen LogP contribution in [0.25, 0.3) is 0 Å². The minimum Gasteiger partial charge on any atom is -0.146 e. The van der Waals surface area contributed by atoms with Crippen molar-refractivity contribution in [2.45, 2.75) is 24.9 Å². The van der Waals surface area contributed by atoms with Gasteiger partial charge in [-0.2, -0.15) is 0 Å². The maximum atomic E-state index is 5.71. The summed E-state index contributed by atoms with van der Waals surface area (Å²) in [7, 11) is -1.24. The van der Waals surface area contributed by atoms with Crippen LogP contribution >= 0.6 is 55.4 Å². The lowest BCUT2D eigenvalue weighted by atomic mass is 10.4. The summed E-state index contributed by atoms with van der Waals surface area (Å²) in [5.41, 5.74) is 0.298. The Kier molecular flexibility index (Phi) is 6.54. The lowest BCUT2D eigenvalue weighted by Gasteiger charge is -2.12. The lowest BCUT2D eigenvalue weighted by Crippen LogP contribution is -2.12. The Morgan fingerprint density at radius 1 is 1.27 bits per heavy atom. The predicted octanol–water partition coefficient (Wildman–Crippen LogP) is 4.39. The van der Waals surface area contributed by atoms with Gasteiger partial charge in [0.15, 0.2) is 0 Å². The molecule has 0 amide bonds. The molecule has 0 fully saturated rings. The van der Waals surface area contributed by atoms with Gasteiger partial charge in [0.2, 0.25) is 0 Å². The summed E-state index contributed by atoms with van der Waals surface area (Å²) in [6, 6.07) is -1.80. The molecule has 0 heterocycles. The zero-order valence-electron chi connectivity index (χ0n) is 5.88. The SMILES string of the molecule is CC(CC[Si](Cl)(Cl)Cl)[Si](Cl)Cl. The number of rotatable bonds is 4. The molecule has 7 heteroatoms. The summed E-state index contributed by atoms with van der Waals surface area (Å²) in [4.78, 5) is 0. The Balaban J connectivity index is 3.54. The van der Waals surface area contributed by atoms with Crippen LogP contribution in [0.2, 0.25) is 11.6 Å². The maximum absolute atomic E-state index is 5.71. The monoisotopic (exact) mass is 287 g/mol. The van der Waals surface area contributed by atoms with E-state index in [2.05, 4.69) is 0 Å². The quantitative estimate of drug-likeness (QED) is 0.532. The Morgan fingerprint density at radius 3 is 2.00 bits per heavy atom. The molecule has 0 bridgehead atoms. The van der Waals surface area contributed by atoms with E-state index in [4.69, 9.17) is 55.4 Å². The molecule has 1 radical (unpaired) electrons. The first-order valence-corrected chi connectivity index (χ1v) is 11.9. The Labute approximate surface area is 93.2 Å². The maximum Gasteiger partial charge on any atom is 0.341 e. The highest BCUT2D eigenvalue weighted by Gasteiger charge is 2.27. The Morgan fingerprint density at radius 2 is 1.73 bits per heavy atom. The van der Waals surface area contributed by atoms with E-state index in [1.165, 1.54) is 0 Å². The second-order valence-corrected chi connectivity index (χ2v) is 16.2. The van der Waals surface area contributed by atoms with Gasteiger partial charge in [0.1, 0.15) is 0 Å². The van der Waals surface area contributed by atoms with Gasteiger partial charge in [-0.15, -0.1) is 55.4 Å². The molecule has 0 aromatic rings. The lowest BCUT2D eigenvalue weighted by molar-refractivity contribution is 0.868. The van der Waals surface area contributed by atoms with Crippen LogP contribution in [0.3, 0.4) is 0 Å². The predicted molar refractivity (Wildman–Crippen MR) is 59.6 cm³/mol. The van der Waals surface area contributed by atoms with Crippen LogP contribution in [0.1, 0.15) is 13.3 Å². The van der Waals surface area contributed by atoms with E-state index in [-0.39, 0.29) is 0 Å². The highest BCUT2D eigenvalue weighted by Crippen LogP contribution is 2.32. The third-order valence-corrected chi connectivity index (χ3v) is 7.06. The van der Waals surface area contributed by atoms with E-state index in [1.54, 1.807) is 0 Å². The van der Waals surface area contributed by atoms with Crippen LogP contribution in [-0.4, -0.2) is 13.4 Å². The molecular formula is C4H8Cl5Si2. The van der Waals surface area contributed by atoms with Crippen LogP contribution in [0, 0.1) is 0 Å². The Hall–Kier alpha value is 1.88. The molecule has 0 spiro atoms. The van der Waals surface area contributed by atoms with E-state index in [0.29, 0.717) is 11.6 Å². The van der Waals surface area contributed by atoms with Gasteiger partial charge in [-0.1, -0.05) is 13.3 Å². The summed E-state index contributed by atoms with van der Waals surface area (Å²) in [5, 5.41) is 0. The van der Waals surface area contributed by atoms with E-state index < -0.39 is 13.4 Å². The molecule has 0 N–H and O–H groups in total. The van der Waals surface area contributed by atoms with Crippen LogP contribution in [0.15, 0.2) is 0 Å². The van der Waals surface area contributed by atoms with E-state index in [0.717, 1.165) is 6.42 Å². The molecule has 1 unspecified atom stereocenters. The average Bonchev–Trinajstić information content (AvgIpc) is 1.80. The fraction of sp³-hybridized carbons (Fsp3) is 1.00. The second kappa shape index (κ2) is 5.58. The van der Waals surface area contributed by atoms with Gasteiger partial charge < -0.3 is 0 Å². The number of halogens is 5. The van der Waals surface area contributed by atoms with Crippen molar-refractivity contribution in [2.75, 3.05) is 0 Å². The third-order valence-electron chi connectivity index (χ3n) is 1.23. The fourth-order valence-electron chi connectivity index (χ4n) is 0.489. The zero-order chi connectivity index (χ0) is 9.07. The van der Waals surface area contributed by atoms with Crippen molar-refractivity contribution in [3.05, 3.63) is 0 Å². The van der Waals surface area contributed by atoms with Gasteiger partial charge in [-0.25, -0.2) is 0 Å². The summed E-state index contributed by atoms with van der Waals surface area (Å²) < 4.78 is 0. The summed E-state index contributed by atoms with van der Waals surface area (Å²) >= 11 is 28.5. The molecule has 11 heavy (non-hydrogen) atoms. The molecule has 67 valence electrons. The molecule has 0 rings (SSSR count). The van der Waals surface area contributed by atoms with Gasteiger partial charge in [-0.05, 0) is 11.6 Å². The van der Waals surface area contributed by atoms with Crippen molar-refractivity contribution in [1.29, 1.82) is 0 Å². The molecular weight excluding hydrogens is 281 g/mol. The van der Waals surface area contributed by atoms with Crippen molar-refractivity contribution < 1.29 is 0 Å². The van der Waals surface area contributed by atoms with Crippen molar-refractivity contribution in [3.63, 3.8) is 0 Å². The van der Waals surface area contributed by atoms with Crippen molar-refractivity contribution in [3.8, 4) is 0 Å². The molecule has 0 aliphatic heterocycles. The molecule has 1 atom stereocenters. The third kappa shape index (κ3) is 8.22. The summed E-state index contributed by atoms with van der Waals surface area (Å²) in [6.07, 6.45) is 0.823. The minimum atomic E-state index is -2.45.